The molecule has 0 spiro atoms. The van der Waals surface area contributed by atoms with Crippen LogP contribution >= 0.6 is 12.4 Å². The third-order valence-corrected chi connectivity index (χ3v) is 1.41. The van der Waals surface area contributed by atoms with Gasteiger partial charge >= 0.3 is 0 Å². The Labute approximate surface area is 81.5 Å². The van der Waals surface area contributed by atoms with Gasteiger partial charge in [-0.05, 0) is 12.1 Å². The fourth-order valence-corrected chi connectivity index (χ4v) is 0.883. The highest BCUT2D eigenvalue weighted by Crippen LogP contribution is 2.09. The number of rotatable bonds is 1. The van der Waals surface area contributed by atoms with Crippen LogP contribution in [0.25, 0.3) is 11.4 Å². The lowest BCUT2D eigenvalue weighted by atomic mass is 10.3. The molecule has 0 aliphatic carbocycles. The first kappa shape index (κ1) is 9.54. The van der Waals surface area contributed by atoms with E-state index >= 15 is 0 Å². The van der Waals surface area contributed by atoms with Crippen LogP contribution in [-0.4, -0.2) is 19.9 Å². The largest absolute Gasteiger partial charge is 0.264 e. The molecule has 0 aromatic carbocycles. The molecule has 2 rings (SSSR count). The molecular weight excluding hydrogens is 188 g/mol. The lowest BCUT2D eigenvalue weighted by Crippen LogP contribution is -1.88. The van der Waals surface area contributed by atoms with Gasteiger partial charge in [0.2, 0.25) is 0 Å². The normalized spacial score (nSPS) is 8.92. The van der Waals surface area contributed by atoms with Crippen molar-refractivity contribution >= 4 is 12.4 Å². The van der Waals surface area contributed by atoms with Crippen LogP contribution in [0, 0.1) is 0 Å². The summed E-state index contributed by atoms with van der Waals surface area (Å²) in [5.41, 5.74) is 0.903. The molecule has 0 saturated carbocycles. The fraction of sp³-hybridized carbons (Fsp3) is 0. The minimum Gasteiger partial charge on any atom is -0.264 e. The number of pyridine rings is 1. The molecular formula is C8H7ClN4. The summed E-state index contributed by atoms with van der Waals surface area (Å²) in [6.45, 7) is 0. The lowest BCUT2D eigenvalue weighted by Gasteiger charge is -1.94. The van der Waals surface area contributed by atoms with Crippen LogP contribution in [0.2, 0.25) is 0 Å². The van der Waals surface area contributed by atoms with E-state index in [1.807, 2.05) is 12.1 Å². The summed E-state index contributed by atoms with van der Waals surface area (Å²) in [7, 11) is 0. The highest BCUT2D eigenvalue weighted by atomic mass is 35.5. The van der Waals surface area contributed by atoms with E-state index in [2.05, 4.69) is 19.9 Å². The summed E-state index contributed by atoms with van der Waals surface area (Å²) >= 11 is 0. The lowest BCUT2D eigenvalue weighted by molar-refractivity contribution is 1.05. The maximum Gasteiger partial charge on any atom is 0.164 e. The van der Waals surface area contributed by atoms with Gasteiger partial charge in [-0.25, -0.2) is 15.0 Å². The van der Waals surface area contributed by atoms with E-state index in [1.165, 1.54) is 12.7 Å². The Hall–Kier alpha value is -1.55. The minimum atomic E-state index is 0. The summed E-state index contributed by atoms with van der Waals surface area (Å²) in [4.78, 5) is 15.7. The van der Waals surface area contributed by atoms with E-state index in [4.69, 9.17) is 0 Å². The predicted molar refractivity (Wildman–Crippen MR) is 50.3 cm³/mol. The van der Waals surface area contributed by atoms with Gasteiger partial charge in [0.15, 0.2) is 5.82 Å². The van der Waals surface area contributed by atoms with E-state index < -0.39 is 0 Å². The van der Waals surface area contributed by atoms with Gasteiger partial charge in [-0.15, -0.1) is 12.4 Å². The quantitative estimate of drug-likeness (QED) is 0.688. The average Bonchev–Trinajstić information content (AvgIpc) is 2.21. The Kier molecular flexibility index (Phi) is 3.28. The standard InChI is InChI=1S/C8H6N4.ClH/c1-2-7(4-9-3-1)8-11-5-10-6-12-8;/h1-6H;1H. The van der Waals surface area contributed by atoms with Crippen LogP contribution < -0.4 is 0 Å². The minimum absolute atomic E-state index is 0. The van der Waals surface area contributed by atoms with Gasteiger partial charge in [0.1, 0.15) is 12.7 Å². The van der Waals surface area contributed by atoms with E-state index in [0.29, 0.717) is 5.82 Å². The number of hydrogen-bond donors (Lipinski definition) is 0. The summed E-state index contributed by atoms with van der Waals surface area (Å²) < 4.78 is 0. The molecule has 66 valence electrons. The first-order valence-electron chi connectivity index (χ1n) is 3.49. The maximum atomic E-state index is 3.99. The molecule has 0 N–H and O–H groups in total. The van der Waals surface area contributed by atoms with Crippen molar-refractivity contribution in [2.45, 2.75) is 0 Å². The van der Waals surface area contributed by atoms with Crippen molar-refractivity contribution in [3.05, 3.63) is 37.2 Å². The second kappa shape index (κ2) is 4.47. The highest BCUT2D eigenvalue weighted by Gasteiger charge is 1.96. The molecule has 0 aliphatic heterocycles. The van der Waals surface area contributed by atoms with Gasteiger partial charge < -0.3 is 0 Å². The topological polar surface area (TPSA) is 51.6 Å². The summed E-state index contributed by atoms with van der Waals surface area (Å²) in [5, 5.41) is 0. The third kappa shape index (κ3) is 2.19. The Morgan fingerprint density at radius 3 is 2.38 bits per heavy atom. The van der Waals surface area contributed by atoms with Crippen LogP contribution in [0.1, 0.15) is 0 Å². The van der Waals surface area contributed by atoms with Crippen molar-refractivity contribution in [1.82, 2.24) is 19.9 Å². The molecule has 2 heterocycles. The number of halogens is 1. The van der Waals surface area contributed by atoms with Crippen LogP contribution in [0.5, 0.6) is 0 Å². The molecule has 5 heteroatoms. The van der Waals surface area contributed by atoms with Crippen LogP contribution in [-0.2, 0) is 0 Å². The molecule has 2 aromatic heterocycles. The summed E-state index contributed by atoms with van der Waals surface area (Å²) in [5.74, 6) is 0.651. The van der Waals surface area contributed by atoms with Crippen molar-refractivity contribution in [3.8, 4) is 11.4 Å². The molecule has 0 bridgehead atoms. The zero-order chi connectivity index (χ0) is 8.23. The van der Waals surface area contributed by atoms with Gasteiger partial charge in [-0.1, -0.05) is 0 Å². The van der Waals surface area contributed by atoms with Gasteiger partial charge in [-0.2, -0.15) is 0 Å². The van der Waals surface area contributed by atoms with Crippen LogP contribution in [0.3, 0.4) is 0 Å². The van der Waals surface area contributed by atoms with E-state index in [-0.39, 0.29) is 12.4 Å². The second-order valence-corrected chi connectivity index (χ2v) is 2.20. The number of hydrogen-bond acceptors (Lipinski definition) is 4. The van der Waals surface area contributed by atoms with Gasteiger partial charge in [0.25, 0.3) is 0 Å². The summed E-state index contributed by atoms with van der Waals surface area (Å²) in [6.07, 6.45) is 6.37. The van der Waals surface area contributed by atoms with E-state index in [1.54, 1.807) is 12.4 Å². The van der Waals surface area contributed by atoms with E-state index in [9.17, 15) is 0 Å². The number of aromatic nitrogens is 4. The molecule has 2 aromatic rings. The fourth-order valence-electron chi connectivity index (χ4n) is 0.883. The first-order valence-corrected chi connectivity index (χ1v) is 3.49. The van der Waals surface area contributed by atoms with Gasteiger partial charge in [0.05, 0.1) is 0 Å². The highest BCUT2D eigenvalue weighted by molar-refractivity contribution is 5.85. The van der Waals surface area contributed by atoms with Crippen molar-refractivity contribution < 1.29 is 0 Å². The zero-order valence-corrected chi connectivity index (χ0v) is 7.48. The van der Waals surface area contributed by atoms with Crippen molar-refractivity contribution in [1.29, 1.82) is 0 Å². The van der Waals surface area contributed by atoms with Gasteiger partial charge in [-0.3, -0.25) is 4.98 Å². The third-order valence-electron chi connectivity index (χ3n) is 1.41. The Bertz CT molecular complexity index is 314. The Balaban J connectivity index is 0.000000845. The van der Waals surface area contributed by atoms with Crippen LogP contribution in [0.4, 0.5) is 0 Å². The van der Waals surface area contributed by atoms with Gasteiger partial charge in [0, 0.05) is 18.0 Å². The smallest absolute Gasteiger partial charge is 0.164 e. The molecule has 0 atom stereocenters. The zero-order valence-electron chi connectivity index (χ0n) is 6.66. The molecule has 4 nitrogen and oxygen atoms in total. The van der Waals surface area contributed by atoms with Crippen molar-refractivity contribution in [2.24, 2.45) is 0 Å². The molecule has 0 unspecified atom stereocenters. The molecule has 0 radical (unpaired) electrons. The Morgan fingerprint density at radius 1 is 1.00 bits per heavy atom. The van der Waals surface area contributed by atoms with Crippen molar-refractivity contribution in [3.63, 3.8) is 0 Å². The maximum absolute atomic E-state index is 3.99. The summed E-state index contributed by atoms with van der Waals surface area (Å²) in [6, 6.07) is 3.75. The first-order chi connectivity index (χ1) is 5.97. The second-order valence-electron chi connectivity index (χ2n) is 2.20. The molecule has 0 fully saturated rings. The monoisotopic (exact) mass is 194 g/mol. The Morgan fingerprint density at radius 2 is 1.77 bits per heavy atom. The number of nitrogens with zero attached hydrogens (tertiary/aromatic N) is 4. The predicted octanol–water partition coefficient (Wildman–Crippen LogP) is 1.36. The average molecular weight is 195 g/mol. The SMILES string of the molecule is Cl.c1cncc(-c2ncncn2)c1. The molecule has 13 heavy (non-hydrogen) atoms. The molecule has 0 saturated heterocycles. The molecule has 0 amide bonds. The van der Waals surface area contributed by atoms with E-state index in [0.717, 1.165) is 5.56 Å². The van der Waals surface area contributed by atoms with Crippen molar-refractivity contribution in [2.75, 3.05) is 0 Å². The van der Waals surface area contributed by atoms with Crippen LogP contribution in [0.15, 0.2) is 37.2 Å². The molecule has 0 aliphatic rings.